The average Bonchev–Trinajstić information content (AvgIpc) is 3.48. The average molecular weight is 438 g/mol. The Labute approximate surface area is 188 Å². The SMILES string of the molecule is O=C(Nc1ccccc1)c1[nH]cnc1N=c1scc(-c2ccccc2)n1-c1ccccc1. The summed E-state index contributed by atoms with van der Waals surface area (Å²) >= 11 is 1.50. The van der Waals surface area contributed by atoms with E-state index in [0.717, 1.165) is 21.7 Å². The van der Waals surface area contributed by atoms with Gasteiger partial charge < -0.3 is 10.3 Å². The molecule has 0 aliphatic carbocycles. The summed E-state index contributed by atoms with van der Waals surface area (Å²) in [6, 6.07) is 29.5. The van der Waals surface area contributed by atoms with Gasteiger partial charge in [-0.25, -0.2) is 4.98 Å². The van der Waals surface area contributed by atoms with E-state index in [4.69, 9.17) is 4.99 Å². The molecule has 0 fully saturated rings. The van der Waals surface area contributed by atoms with Crippen LogP contribution in [0.1, 0.15) is 10.5 Å². The number of carbonyl (C=O) groups excluding carboxylic acids is 1. The van der Waals surface area contributed by atoms with Crippen molar-refractivity contribution in [1.82, 2.24) is 14.5 Å². The number of para-hydroxylation sites is 2. The number of carbonyl (C=O) groups is 1. The van der Waals surface area contributed by atoms with Gasteiger partial charge in [-0.05, 0) is 29.8 Å². The molecule has 0 saturated carbocycles. The van der Waals surface area contributed by atoms with Gasteiger partial charge in [0.2, 0.25) is 0 Å². The van der Waals surface area contributed by atoms with E-state index in [-0.39, 0.29) is 5.91 Å². The van der Waals surface area contributed by atoms with Crippen LogP contribution < -0.4 is 10.1 Å². The quantitative estimate of drug-likeness (QED) is 0.386. The zero-order chi connectivity index (χ0) is 21.8. The van der Waals surface area contributed by atoms with Crippen LogP contribution in [0.5, 0.6) is 0 Å². The van der Waals surface area contributed by atoms with Crippen molar-refractivity contribution < 1.29 is 4.79 Å². The molecule has 0 radical (unpaired) electrons. The molecule has 156 valence electrons. The van der Waals surface area contributed by atoms with E-state index in [1.807, 2.05) is 78.9 Å². The van der Waals surface area contributed by atoms with Gasteiger partial charge in [0.1, 0.15) is 0 Å². The van der Waals surface area contributed by atoms with Crippen molar-refractivity contribution in [3.8, 4) is 16.9 Å². The van der Waals surface area contributed by atoms with Crippen LogP contribution in [0, 0.1) is 0 Å². The van der Waals surface area contributed by atoms with Crippen molar-refractivity contribution in [2.45, 2.75) is 0 Å². The molecule has 2 N–H and O–H groups in total. The predicted octanol–water partition coefficient (Wildman–Crippen LogP) is 5.41. The molecule has 0 atom stereocenters. The highest BCUT2D eigenvalue weighted by molar-refractivity contribution is 7.07. The van der Waals surface area contributed by atoms with Crippen LogP contribution in [0.15, 0.2) is 108 Å². The second kappa shape index (κ2) is 8.87. The third-order valence-electron chi connectivity index (χ3n) is 4.87. The number of nitrogens with one attached hydrogen (secondary N) is 2. The summed E-state index contributed by atoms with van der Waals surface area (Å²) in [4.78, 5) is 25.5. The lowest BCUT2D eigenvalue weighted by molar-refractivity contribution is 0.102. The van der Waals surface area contributed by atoms with Crippen LogP contribution in [0.2, 0.25) is 0 Å². The molecule has 6 nitrogen and oxygen atoms in total. The summed E-state index contributed by atoms with van der Waals surface area (Å²) in [5.41, 5.74) is 4.10. The first-order chi connectivity index (χ1) is 15.8. The number of benzene rings is 3. The maximum absolute atomic E-state index is 12.8. The monoisotopic (exact) mass is 437 g/mol. The molecule has 2 aromatic heterocycles. The Morgan fingerprint density at radius 3 is 2.28 bits per heavy atom. The van der Waals surface area contributed by atoms with E-state index in [9.17, 15) is 4.79 Å². The zero-order valence-corrected chi connectivity index (χ0v) is 17.8. The van der Waals surface area contributed by atoms with Gasteiger partial charge in [0, 0.05) is 16.8 Å². The van der Waals surface area contributed by atoms with Crippen LogP contribution in [0.3, 0.4) is 0 Å². The highest BCUT2D eigenvalue weighted by Crippen LogP contribution is 2.24. The zero-order valence-electron chi connectivity index (χ0n) is 17.0. The van der Waals surface area contributed by atoms with Gasteiger partial charge in [0.05, 0.1) is 12.0 Å². The van der Waals surface area contributed by atoms with Crippen LogP contribution in [-0.4, -0.2) is 20.4 Å². The number of hydrogen-bond acceptors (Lipinski definition) is 4. The molecule has 0 aliphatic rings. The van der Waals surface area contributed by atoms with Crippen molar-refractivity contribution in [3.63, 3.8) is 0 Å². The molecule has 5 rings (SSSR count). The number of anilines is 1. The molecule has 3 aromatic carbocycles. The second-order valence-corrected chi connectivity index (χ2v) is 7.81. The lowest BCUT2D eigenvalue weighted by Crippen LogP contribution is -2.15. The summed E-state index contributed by atoms with van der Waals surface area (Å²) in [5.74, 6) is 0.0446. The van der Waals surface area contributed by atoms with E-state index in [0.29, 0.717) is 17.2 Å². The molecule has 0 bridgehead atoms. The third kappa shape index (κ3) is 4.01. The number of aromatic amines is 1. The highest BCUT2D eigenvalue weighted by Gasteiger charge is 2.16. The van der Waals surface area contributed by atoms with Crippen molar-refractivity contribution >= 4 is 28.7 Å². The normalized spacial score (nSPS) is 11.4. The molecule has 5 aromatic rings. The molecule has 0 spiro atoms. The second-order valence-electron chi connectivity index (χ2n) is 6.97. The minimum absolute atomic E-state index is 0.293. The standard InChI is InChI=1S/C25H19N5OS/c31-24(28-19-12-6-2-7-13-19)22-23(27-17-26-22)29-25-30(20-14-8-3-9-15-20)21(16-32-25)18-10-4-1-5-11-18/h1-17H,(H,26,27)(H,28,31). The minimum atomic E-state index is -0.293. The molecule has 1 amide bonds. The van der Waals surface area contributed by atoms with Gasteiger partial charge in [0.25, 0.3) is 5.91 Å². The first-order valence-corrected chi connectivity index (χ1v) is 10.9. The highest BCUT2D eigenvalue weighted by atomic mass is 32.1. The first kappa shape index (κ1) is 19.7. The molecule has 2 heterocycles. The van der Waals surface area contributed by atoms with E-state index >= 15 is 0 Å². The van der Waals surface area contributed by atoms with E-state index < -0.39 is 0 Å². The van der Waals surface area contributed by atoms with Gasteiger partial charge in [-0.15, -0.1) is 11.3 Å². The van der Waals surface area contributed by atoms with Gasteiger partial charge in [-0.2, -0.15) is 4.99 Å². The van der Waals surface area contributed by atoms with Crippen LogP contribution >= 0.6 is 11.3 Å². The van der Waals surface area contributed by atoms with Crippen molar-refractivity contribution in [1.29, 1.82) is 0 Å². The van der Waals surface area contributed by atoms with Crippen molar-refractivity contribution in [3.05, 3.63) is 113 Å². The predicted molar refractivity (Wildman–Crippen MR) is 127 cm³/mol. The summed E-state index contributed by atoms with van der Waals surface area (Å²) < 4.78 is 2.08. The van der Waals surface area contributed by atoms with Crippen LogP contribution in [-0.2, 0) is 0 Å². The van der Waals surface area contributed by atoms with Crippen molar-refractivity contribution in [2.75, 3.05) is 5.32 Å². The Morgan fingerprint density at radius 2 is 1.56 bits per heavy atom. The fourth-order valence-corrected chi connectivity index (χ4v) is 4.28. The first-order valence-electron chi connectivity index (χ1n) is 10.1. The lowest BCUT2D eigenvalue weighted by Gasteiger charge is -2.09. The number of imidazole rings is 1. The molecule has 7 heteroatoms. The third-order valence-corrected chi connectivity index (χ3v) is 5.70. The summed E-state index contributed by atoms with van der Waals surface area (Å²) in [5, 5.41) is 4.94. The molecule has 0 unspecified atom stereocenters. The Kier molecular flexibility index (Phi) is 5.47. The molecule has 0 aliphatic heterocycles. The smallest absolute Gasteiger partial charge is 0.276 e. The molecule has 0 saturated heterocycles. The topological polar surface area (TPSA) is 75.1 Å². The molecule has 32 heavy (non-hydrogen) atoms. The maximum Gasteiger partial charge on any atom is 0.276 e. The summed E-state index contributed by atoms with van der Waals surface area (Å²) in [6.07, 6.45) is 1.48. The number of aromatic nitrogens is 3. The Bertz CT molecular complexity index is 1400. The Balaban J connectivity index is 1.59. The van der Waals surface area contributed by atoms with E-state index in [1.54, 1.807) is 0 Å². The fourth-order valence-electron chi connectivity index (χ4n) is 3.37. The minimum Gasteiger partial charge on any atom is -0.339 e. The molecular weight excluding hydrogens is 418 g/mol. The number of hydrogen-bond donors (Lipinski definition) is 2. The van der Waals surface area contributed by atoms with Gasteiger partial charge in [-0.3, -0.25) is 9.36 Å². The van der Waals surface area contributed by atoms with Crippen LogP contribution in [0.25, 0.3) is 16.9 Å². The maximum atomic E-state index is 12.8. The number of H-pyrrole nitrogens is 1. The summed E-state index contributed by atoms with van der Waals surface area (Å²) in [7, 11) is 0. The molecular formula is C25H19N5OS. The number of rotatable bonds is 5. The van der Waals surface area contributed by atoms with Crippen molar-refractivity contribution in [2.24, 2.45) is 4.99 Å². The fraction of sp³-hybridized carbons (Fsp3) is 0. The van der Waals surface area contributed by atoms with Crippen LogP contribution in [0.4, 0.5) is 11.5 Å². The largest absolute Gasteiger partial charge is 0.339 e. The number of amides is 1. The number of nitrogens with zero attached hydrogens (tertiary/aromatic N) is 3. The van der Waals surface area contributed by atoms with E-state index in [1.165, 1.54) is 17.7 Å². The Hall–Kier alpha value is -4.23. The van der Waals surface area contributed by atoms with Gasteiger partial charge >= 0.3 is 0 Å². The van der Waals surface area contributed by atoms with E-state index in [2.05, 4.69) is 37.4 Å². The number of thiazole rings is 1. The Morgan fingerprint density at radius 1 is 0.906 bits per heavy atom. The lowest BCUT2D eigenvalue weighted by atomic mass is 10.1. The van der Waals surface area contributed by atoms with Gasteiger partial charge in [0.15, 0.2) is 16.3 Å². The van der Waals surface area contributed by atoms with Gasteiger partial charge in [-0.1, -0.05) is 66.7 Å². The summed E-state index contributed by atoms with van der Waals surface area (Å²) in [6.45, 7) is 0.